The lowest BCUT2D eigenvalue weighted by atomic mass is 9.85. The van der Waals surface area contributed by atoms with E-state index in [2.05, 4.69) is 24.1 Å². The van der Waals surface area contributed by atoms with E-state index in [9.17, 15) is 4.79 Å². The van der Waals surface area contributed by atoms with Gasteiger partial charge < -0.3 is 15.0 Å². The first-order chi connectivity index (χ1) is 10.00. The summed E-state index contributed by atoms with van der Waals surface area (Å²) in [5, 5.41) is 3.45. The number of hydrogen-bond acceptors (Lipinski definition) is 4. The van der Waals surface area contributed by atoms with Gasteiger partial charge in [-0.15, -0.1) is 0 Å². The fraction of sp³-hybridized carbons (Fsp3) is 0.941. The third-order valence-electron chi connectivity index (χ3n) is 4.75. The summed E-state index contributed by atoms with van der Waals surface area (Å²) in [5.41, 5.74) is 0.474. The van der Waals surface area contributed by atoms with E-state index >= 15 is 0 Å². The number of nitrogens with one attached hydrogen (secondary N) is 1. The van der Waals surface area contributed by atoms with Crippen molar-refractivity contribution in [1.29, 1.82) is 0 Å². The zero-order valence-corrected chi connectivity index (χ0v) is 14.0. The first kappa shape index (κ1) is 16.8. The van der Waals surface area contributed by atoms with E-state index in [-0.39, 0.29) is 12.0 Å². The van der Waals surface area contributed by atoms with Gasteiger partial charge in [0.15, 0.2) is 0 Å². The van der Waals surface area contributed by atoms with Gasteiger partial charge in [0.2, 0.25) is 0 Å². The highest BCUT2D eigenvalue weighted by Crippen LogP contribution is 2.29. The molecule has 2 rings (SSSR count). The van der Waals surface area contributed by atoms with Gasteiger partial charge in [0, 0.05) is 12.6 Å². The smallest absolute Gasteiger partial charge is 0.323 e. The zero-order chi connectivity index (χ0) is 15.3. The maximum atomic E-state index is 12.0. The predicted octanol–water partition coefficient (Wildman–Crippen LogP) is 2.57. The average molecular weight is 296 g/mol. The molecule has 1 saturated carbocycles. The molecule has 1 atom stereocenters. The van der Waals surface area contributed by atoms with Crippen LogP contribution in [0.2, 0.25) is 0 Å². The van der Waals surface area contributed by atoms with Gasteiger partial charge >= 0.3 is 5.97 Å². The summed E-state index contributed by atoms with van der Waals surface area (Å²) in [7, 11) is 0. The van der Waals surface area contributed by atoms with Crippen LogP contribution in [0.4, 0.5) is 0 Å². The Hall–Kier alpha value is -0.610. The lowest BCUT2D eigenvalue weighted by Crippen LogP contribution is -2.42. The molecule has 1 saturated heterocycles. The van der Waals surface area contributed by atoms with Gasteiger partial charge in [-0.3, -0.25) is 4.79 Å². The summed E-state index contributed by atoms with van der Waals surface area (Å²) >= 11 is 0. The number of hydrogen-bond donors (Lipinski definition) is 1. The van der Waals surface area contributed by atoms with Crippen molar-refractivity contribution in [3.63, 3.8) is 0 Å². The maximum Gasteiger partial charge on any atom is 0.323 e. The number of likely N-dealkylation sites (tertiary alicyclic amines) is 1. The van der Waals surface area contributed by atoms with Crippen LogP contribution >= 0.6 is 0 Å². The fourth-order valence-corrected chi connectivity index (χ4v) is 3.06. The van der Waals surface area contributed by atoms with E-state index in [1.165, 1.54) is 38.6 Å². The molecule has 1 aliphatic heterocycles. The van der Waals surface area contributed by atoms with Crippen LogP contribution < -0.4 is 5.32 Å². The highest BCUT2D eigenvalue weighted by atomic mass is 16.5. The molecular weight excluding hydrogens is 264 g/mol. The Kier molecular flexibility index (Phi) is 6.06. The predicted molar refractivity (Wildman–Crippen MR) is 85.3 cm³/mol. The molecule has 1 aliphatic carbocycles. The zero-order valence-electron chi connectivity index (χ0n) is 14.0. The van der Waals surface area contributed by atoms with Crippen molar-refractivity contribution >= 4 is 5.97 Å². The van der Waals surface area contributed by atoms with Crippen LogP contribution in [0, 0.1) is 5.41 Å². The molecule has 0 spiro atoms. The molecule has 2 aliphatic rings. The van der Waals surface area contributed by atoms with Crippen LogP contribution in [0.3, 0.4) is 0 Å². The van der Waals surface area contributed by atoms with Crippen molar-refractivity contribution in [2.24, 2.45) is 5.41 Å². The van der Waals surface area contributed by atoms with Crippen molar-refractivity contribution in [3.8, 4) is 0 Å². The molecule has 4 heteroatoms. The Bertz CT molecular complexity index is 340. The summed E-state index contributed by atoms with van der Waals surface area (Å²) in [6.07, 6.45) is 7.11. The van der Waals surface area contributed by atoms with Crippen molar-refractivity contribution in [2.75, 3.05) is 26.2 Å². The highest BCUT2D eigenvalue weighted by Gasteiger charge is 2.30. The third kappa shape index (κ3) is 5.95. The fourth-order valence-electron chi connectivity index (χ4n) is 3.06. The minimum atomic E-state index is -0.117. The Morgan fingerprint density at radius 1 is 1.33 bits per heavy atom. The van der Waals surface area contributed by atoms with E-state index in [0.717, 1.165) is 19.5 Å². The molecule has 0 aromatic heterocycles. The molecule has 2 fully saturated rings. The summed E-state index contributed by atoms with van der Waals surface area (Å²) in [6.45, 7) is 10.4. The van der Waals surface area contributed by atoms with Crippen molar-refractivity contribution in [1.82, 2.24) is 10.2 Å². The van der Waals surface area contributed by atoms with Gasteiger partial charge in [-0.1, -0.05) is 13.8 Å². The molecule has 0 bridgehead atoms. The highest BCUT2D eigenvalue weighted by molar-refractivity contribution is 5.75. The second kappa shape index (κ2) is 7.59. The normalized spacial score (nSPS) is 24.3. The molecule has 1 heterocycles. The SMILES string of the molecule is CCOC(=O)C(CCN1CCCC(C)(C)CC1)NC1CC1. The molecular formula is C17H32N2O2. The Morgan fingerprint density at radius 2 is 2.10 bits per heavy atom. The van der Waals surface area contributed by atoms with E-state index in [4.69, 9.17) is 4.74 Å². The van der Waals surface area contributed by atoms with Gasteiger partial charge in [0.05, 0.1) is 6.61 Å². The van der Waals surface area contributed by atoms with Crippen molar-refractivity contribution < 1.29 is 9.53 Å². The van der Waals surface area contributed by atoms with Crippen LogP contribution in [0.5, 0.6) is 0 Å². The Morgan fingerprint density at radius 3 is 2.76 bits per heavy atom. The van der Waals surface area contributed by atoms with Gasteiger partial charge in [-0.2, -0.15) is 0 Å². The summed E-state index contributed by atoms with van der Waals surface area (Å²) < 4.78 is 5.21. The number of nitrogens with zero attached hydrogens (tertiary/aromatic N) is 1. The molecule has 122 valence electrons. The van der Waals surface area contributed by atoms with Gasteiger partial charge in [-0.05, 0) is 64.0 Å². The molecule has 0 radical (unpaired) electrons. The quantitative estimate of drug-likeness (QED) is 0.733. The minimum absolute atomic E-state index is 0.0699. The van der Waals surface area contributed by atoms with E-state index in [0.29, 0.717) is 18.1 Å². The van der Waals surface area contributed by atoms with E-state index < -0.39 is 0 Å². The molecule has 1 unspecified atom stereocenters. The standard InChI is InChI=1S/C17H32N2O2/c1-4-21-16(20)15(18-14-6-7-14)8-12-19-11-5-9-17(2,3)10-13-19/h14-15,18H,4-13H2,1-3H3. The summed E-state index contributed by atoms with van der Waals surface area (Å²) in [5.74, 6) is -0.0699. The second-order valence-electron chi connectivity index (χ2n) is 7.39. The van der Waals surface area contributed by atoms with Crippen molar-refractivity contribution in [3.05, 3.63) is 0 Å². The molecule has 1 N–H and O–H groups in total. The number of carbonyl (C=O) groups excluding carboxylic acids is 1. The number of ether oxygens (including phenoxy) is 1. The topological polar surface area (TPSA) is 41.6 Å². The van der Waals surface area contributed by atoms with Crippen molar-refractivity contribution in [2.45, 2.75) is 71.4 Å². The number of carbonyl (C=O) groups is 1. The van der Waals surface area contributed by atoms with Crippen LogP contribution in [0.25, 0.3) is 0 Å². The summed E-state index contributed by atoms with van der Waals surface area (Å²) in [4.78, 5) is 14.6. The van der Waals surface area contributed by atoms with E-state index in [1.54, 1.807) is 0 Å². The Balaban J connectivity index is 1.78. The lowest BCUT2D eigenvalue weighted by Gasteiger charge is -2.25. The molecule has 0 amide bonds. The van der Waals surface area contributed by atoms with Gasteiger partial charge in [0.1, 0.15) is 6.04 Å². The second-order valence-corrected chi connectivity index (χ2v) is 7.39. The number of rotatable bonds is 7. The largest absolute Gasteiger partial charge is 0.465 e. The van der Waals surface area contributed by atoms with Crippen LogP contribution in [0.1, 0.15) is 59.3 Å². The van der Waals surface area contributed by atoms with Gasteiger partial charge in [0.25, 0.3) is 0 Å². The van der Waals surface area contributed by atoms with Gasteiger partial charge in [-0.25, -0.2) is 0 Å². The summed E-state index contributed by atoms with van der Waals surface area (Å²) in [6, 6.07) is 0.427. The number of esters is 1. The first-order valence-electron chi connectivity index (χ1n) is 8.65. The molecule has 0 aromatic carbocycles. The third-order valence-corrected chi connectivity index (χ3v) is 4.75. The van der Waals surface area contributed by atoms with Crippen LogP contribution in [0.15, 0.2) is 0 Å². The molecule has 0 aromatic rings. The molecule has 4 nitrogen and oxygen atoms in total. The van der Waals surface area contributed by atoms with Crippen LogP contribution in [-0.4, -0.2) is 49.2 Å². The monoisotopic (exact) mass is 296 g/mol. The first-order valence-corrected chi connectivity index (χ1v) is 8.65. The molecule has 21 heavy (non-hydrogen) atoms. The Labute approximate surface area is 129 Å². The van der Waals surface area contributed by atoms with Crippen LogP contribution in [-0.2, 0) is 9.53 Å². The maximum absolute atomic E-state index is 12.0. The minimum Gasteiger partial charge on any atom is -0.465 e. The van der Waals surface area contributed by atoms with E-state index in [1.807, 2.05) is 6.92 Å². The average Bonchev–Trinajstić information content (AvgIpc) is 3.23. The lowest BCUT2D eigenvalue weighted by molar-refractivity contribution is -0.146.